The second kappa shape index (κ2) is 6.53. The Kier molecular flexibility index (Phi) is 5.60. The molecule has 0 fully saturated rings. The molecule has 0 aromatic heterocycles. The molecule has 1 aromatic carbocycles. The highest BCUT2D eigenvalue weighted by Gasteiger charge is 2.26. The maximum Gasteiger partial charge on any atom is 0.389 e. The minimum atomic E-state index is -4.09. The lowest BCUT2D eigenvalue weighted by Gasteiger charge is -2.17. The SMILES string of the molecule is CC(CCCC(F)(F)F)Nc1cccc(Cl)c1Cl. The van der Waals surface area contributed by atoms with E-state index in [-0.39, 0.29) is 12.5 Å². The number of rotatable bonds is 5. The van der Waals surface area contributed by atoms with Crippen LogP contribution in [0.2, 0.25) is 10.0 Å². The average Bonchev–Trinajstić information content (AvgIpc) is 2.23. The minimum absolute atomic E-state index is 0.0931. The van der Waals surface area contributed by atoms with Crippen LogP contribution in [0, 0.1) is 0 Å². The molecule has 1 unspecified atom stereocenters. The van der Waals surface area contributed by atoms with Gasteiger partial charge in [-0.2, -0.15) is 13.2 Å². The van der Waals surface area contributed by atoms with Crippen molar-refractivity contribution < 1.29 is 13.2 Å². The molecule has 0 saturated heterocycles. The Morgan fingerprint density at radius 2 is 1.94 bits per heavy atom. The number of anilines is 1. The van der Waals surface area contributed by atoms with Crippen LogP contribution in [0.3, 0.4) is 0 Å². The quantitative estimate of drug-likeness (QED) is 0.754. The fourth-order valence-electron chi connectivity index (χ4n) is 1.56. The van der Waals surface area contributed by atoms with Crippen LogP contribution in [0.15, 0.2) is 18.2 Å². The van der Waals surface area contributed by atoms with Crippen molar-refractivity contribution in [3.8, 4) is 0 Å². The molecule has 0 heterocycles. The van der Waals surface area contributed by atoms with Crippen molar-refractivity contribution in [2.24, 2.45) is 0 Å². The van der Waals surface area contributed by atoms with Gasteiger partial charge in [0.15, 0.2) is 0 Å². The summed E-state index contributed by atoms with van der Waals surface area (Å²) in [5, 5.41) is 3.86. The van der Waals surface area contributed by atoms with Crippen LogP contribution in [0.1, 0.15) is 26.2 Å². The highest BCUT2D eigenvalue weighted by molar-refractivity contribution is 6.43. The van der Waals surface area contributed by atoms with Crippen molar-refractivity contribution in [3.05, 3.63) is 28.2 Å². The largest absolute Gasteiger partial charge is 0.389 e. The van der Waals surface area contributed by atoms with Gasteiger partial charge in [-0.05, 0) is 31.9 Å². The molecule has 0 aliphatic carbocycles. The molecule has 0 amide bonds. The van der Waals surface area contributed by atoms with Crippen LogP contribution in [-0.2, 0) is 0 Å². The summed E-state index contributed by atoms with van der Waals surface area (Å²) in [7, 11) is 0. The first-order chi connectivity index (χ1) is 8.29. The smallest absolute Gasteiger partial charge is 0.381 e. The minimum Gasteiger partial charge on any atom is -0.381 e. The molecule has 6 heteroatoms. The number of hydrogen-bond donors (Lipinski definition) is 1. The van der Waals surface area contributed by atoms with Gasteiger partial charge in [-0.3, -0.25) is 0 Å². The van der Waals surface area contributed by atoms with E-state index in [1.165, 1.54) is 0 Å². The second-order valence-electron chi connectivity index (χ2n) is 4.15. The molecular weight excluding hydrogens is 286 g/mol. The number of benzene rings is 1. The zero-order valence-corrected chi connectivity index (χ0v) is 11.3. The molecule has 0 saturated carbocycles. The summed E-state index contributed by atoms with van der Waals surface area (Å²) in [6.07, 6.45) is -4.34. The Morgan fingerprint density at radius 1 is 1.28 bits per heavy atom. The first-order valence-electron chi connectivity index (χ1n) is 5.57. The predicted octanol–water partition coefficient (Wildman–Crippen LogP) is 5.53. The molecule has 102 valence electrons. The van der Waals surface area contributed by atoms with Gasteiger partial charge >= 0.3 is 6.18 Å². The third-order valence-corrected chi connectivity index (χ3v) is 3.27. The van der Waals surface area contributed by atoms with E-state index in [4.69, 9.17) is 23.2 Å². The second-order valence-corrected chi connectivity index (χ2v) is 4.94. The van der Waals surface area contributed by atoms with Gasteiger partial charge in [0.1, 0.15) is 0 Å². The summed E-state index contributed by atoms with van der Waals surface area (Å²) in [4.78, 5) is 0. The topological polar surface area (TPSA) is 12.0 Å². The molecule has 0 radical (unpaired) electrons. The standard InChI is InChI=1S/C12H14Cl2F3N/c1-8(4-3-7-12(15,16)17)18-10-6-2-5-9(13)11(10)14/h2,5-6,8,18H,3-4,7H2,1H3. The number of nitrogens with one attached hydrogen (secondary N) is 1. The molecular formula is C12H14Cl2F3N. The zero-order valence-electron chi connectivity index (χ0n) is 9.82. The van der Waals surface area contributed by atoms with Crippen molar-refractivity contribution in [2.45, 2.75) is 38.4 Å². The van der Waals surface area contributed by atoms with E-state index in [1.807, 2.05) is 6.92 Å². The molecule has 1 aromatic rings. The molecule has 0 bridgehead atoms. The van der Waals surface area contributed by atoms with E-state index in [1.54, 1.807) is 18.2 Å². The van der Waals surface area contributed by atoms with Gasteiger partial charge in [-0.15, -0.1) is 0 Å². The highest BCUT2D eigenvalue weighted by atomic mass is 35.5. The van der Waals surface area contributed by atoms with Crippen LogP contribution < -0.4 is 5.32 Å². The fourth-order valence-corrected chi connectivity index (χ4v) is 1.92. The van der Waals surface area contributed by atoms with E-state index in [0.29, 0.717) is 22.2 Å². The lowest BCUT2D eigenvalue weighted by atomic mass is 10.1. The third kappa shape index (κ3) is 5.36. The van der Waals surface area contributed by atoms with Crippen LogP contribution >= 0.6 is 23.2 Å². The first kappa shape index (κ1) is 15.4. The van der Waals surface area contributed by atoms with Crippen LogP contribution in [0.25, 0.3) is 0 Å². The normalized spacial score (nSPS) is 13.4. The van der Waals surface area contributed by atoms with E-state index in [2.05, 4.69) is 5.32 Å². The fraction of sp³-hybridized carbons (Fsp3) is 0.500. The Balaban J connectivity index is 2.45. The molecule has 1 rings (SSSR count). The summed E-state index contributed by atoms with van der Waals surface area (Å²) in [5.74, 6) is 0. The van der Waals surface area contributed by atoms with Crippen LogP contribution in [0.5, 0.6) is 0 Å². The molecule has 1 atom stereocenters. The van der Waals surface area contributed by atoms with Gasteiger partial charge in [0.2, 0.25) is 0 Å². The highest BCUT2D eigenvalue weighted by Crippen LogP contribution is 2.30. The molecule has 18 heavy (non-hydrogen) atoms. The summed E-state index contributed by atoms with van der Waals surface area (Å²) in [5.41, 5.74) is 0.642. The van der Waals surface area contributed by atoms with Crippen molar-refractivity contribution in [2.75, 3.05) is 5.32 Å². The summed E-state index contributed by atoms with van der Waals surface area (Å²) in [6, 6.07) is 5.04. The lowest BCUT2D eigenvalue weighted by molar-refractivity contribution is -0.135. The Bertz CT molecular complexity index is 393. The van der Waals surface area contributed by atoms with Crippen LogP contribution in [0.4, 0.5) is 18.9 Å². The molecule has 1 N–H and O–H groups in total. The summed E-state index contributed by atoms with van der Waals surface area (Å²) in [6.45, 7) is 1.81. The van der Waals surface area contributed by atoms with E-state index in [9.17, 15) is 13.2 Å². The Hall–Kier alpha value is -0.610. The Labute approximate surface area is 114 Å². The zero-order chi connectivity index (χ0) is 13.8. The van der Waals surface area contributed by atoms with E-state index in [0.717, 1.165) is 0 Å². The molecule has 0 spiro atoms. The summed E-state index contributed by atoms with van der Waals surface area (Å²) >= 11 is 11.8. The van der Waals surface area contributed by atoms with Gasteiger partial charge in [0.25, 0.3) is 0 Å². The number of hydrogen-bond acceptors (Lipinski definition) is 1. The summed E-state index contributed by atoms with van der Waals surface area (Å²) < 4.78 is 36.0. The molecule has 0 aliphatic rings. The molecule has 1 nitrogen and oxygen atoms in total. The van der Waals surface area contributed by atoms with E-state index < -0.39 is 12.6 Å². The number of alkyl halides is 3. The van der Waals surface area contributed by atoms with Crippen molar-refractivity contribution >= 4 is 28.9 Å². The lowest BCUT2D eigenvalue weighted by Crippen LogP contribution is -2.17. The predicted molar refractivity (Wildman–Crippen MR) is 69.5 cm³/mol. The van der Waals surface area contributed by atoms with Gasteiger partial charge in [-0.25, -0.2) is 0 Å². The van der Waals surface area contributed by atoms with Crippen molar-refractivity contribution in [1.29, 1.82) is 0 Å². The number of halogens is 5. The van der Waals surface area contributed by atoms with Gasteiger partial charge in [0.05, 0.1) is 15.7 Å². The monoisotopic (exact) mass is 299 g/mol. The van der Waals surface area contributed by atoms with E-state index >= 15 is 0 Å². The van der Waals surface area contributed by atoms with Gasteiger partial charge in [0, 0.05) is 12.5 Å². The van der Waals surface area contributed by atoms with Crippen molar-refractivity contribution in [3.63, 3.8) is 0 Å². The maximum absolute atomic E-state index is 12.0. The van der Waals surface area contributed by atoms with Gasteiger partial charge in [-0.1, -0.05) is 29.3 Å². The Morgan fingerprint density at radius 3 is 2.56 bits per heavy atom. The maximum atomic E-state index is 12.0. The van der Waals surface area contributed by atoms with Crippen molar-refractivity contribution in [1.82, 2.24) is 0 Å². The first-order valence-corrected chi connectivity index (χ1v) is 6.32. The van der Waals surface area contributed by atoms with Crippen LogP contribution in [-0.4, -0.2) is 12.2 Å². The average molecular weight is 300 g/mol. The van der Waals surface area contributed by atoms with Gasteiger partial charge < -0.3 is 5.32 Å². The molecule has 0 aliphatic heterocycles. The third-order valence-electron chi connectivity index (χ3n) is 2.45.